The maximum Gasteiger partial charge on any atom is 0.297 e. The van der Waals surface area contributed by atoms with E-state index >= 15 is 0 Å². The van der Waals surface area contributed by atoms with Gasteiger partial charge in [0.2, 0.25) is 0 Å². The van der Waals surface area contributed by atoms with Crippen molar-refractivity contribution in [3.8, 4) is 0 Å². The number of hydrogen-bond donors (Lipinski definition) is 0. The molecule has 2 unspecified atom stereocenters. The number of fused-ring (bicyclic) bond motifs is 7. The lowest BCUT2D eigenvalue weighted by Crippen LogP contribution is -2.61. The lowest BCUT2D eigenvalue weighted by atomic mass is 9.35. The summed E-state index contributed by atoms with van der Waals surface area (Å²) in [5, 5.41) is 0.971. The van der Waals surface area contributed by atoms with Crippen LogP contribution in [-0.2, 0) is 43.3 Å². The number of para-hydroxylation sites is 2. The van der Waals surface area contributed by atoms with Crippen molar-refractivity contribution in [2.24, 2.45) is 0 Å². The molecule has 0 saturated heterocycles. The Kier molecular flexibility index (Phi) is 8.62. The van der Waals surface area contributed by atoms with Crippen molar-refractivity contribution < 1.29 is 18.1 Å². The minimum Gasteiger partial charge on any atom is -0.468 e. The summed E-state index contributed by atoms with van der Waals surface area (Å²) in [7, 11) is 0. The fourth-order valence-electron chi connectivity index (χ4n) is 15.7. The molecule has 2 atom stereocenters. The molecule has 0 fully saturated rings. The second-order valence-electron chi connectivity index (χ2n) is 30.3. The highest BCUT2D eigenvalue weighted by Crippen LogP contribution is 2.60. The van der Waals surface area contributed by atoms with Gasteiger partial charge in [-0.25, -0.2) is 0 Å². The van der Waals surface area contributed by atoms with E-state index in [1.54, 1.807) is 0 Å². The van der Waals surface area contributed by atoms with E-state index in [0.717, 1.165) is 112 Å². The van der Waals surface area contributed by atoms with Gasteiger partial charge in [-0.2, -0.15) is 0 Å². The van der Waals surface area contributed by atoms with Gasteiger partial charge in [0.15, 0.2) is 0 Å². The number of hydrogen-bond acceptors (Lipinski definition) is 4. The standard InChI is InChI=1S/C75H84BN3O/c1-68(2,3)46-35-47(69(4,5)6)37-51(36-46)78-61-43-56-55(71(9,10)29-30-72(56,11)12)42-60(61)76-65-62(78)39-52(77(48-23-19-17-20-24-48)49-25-21-18-22-26-49)40-63(65)79-50-27-28-54-58(38-50)74(15,33-31-70(54,7)8)45-75(16)34-32-73(13,14)57-44-64-53(41-59(57)75)66(79)67(76)80-64/h17-28,35-44H,29-34,45H2,1-16H3/i17D,18D,19D,20D,21D,22D,23D,24D,25D,26D. The third-order valence-electron chi connectivity index (χ3n) is 20.7. The van der Waals surface area contributed by atoms with Crippen LogP contribution >= 0.6 is 0 Å². The molecule has 4 nitrogen and oxygen atoms in total. The van der Waals surface area contributed by atoms with Crippen molar-refractivity contribution in [1.29, 1.82) is 0 Å². The van der Waals surface area contributed by atoms with E-state index in [4.69, 9.17) is 7.16 Å². The van der Waals surface area contributed by atoms with E-state index in [9.17, 15) is 11.0 Å². The smallest absolute Gasteiger partial charge is 0.297 e. The molecule has 80 heavy (non-hydrogen) atoms. The van der Waals surface area contributed by atoms with Crippen LogP contribution in [0, 0.1) is 0 Å². The molecule has 3 aliphatic carbocycles. The zero-order chi connectivity index (χ0) is 64.9. The second kappa shape index (κ2) is 16.6. The molecule has 0 radical (unpaired) electrons. The molecule has 1 aromatic heterocycles. The van der Waals surface area contributed by atoms with Crippen LogP contribution in [0.3, 0.4) is 0 Å². The number of benzene rings is 7. The van der Waals surface area contributed by atoms with E-state index in [0.29, 0.717) is 5.69 Å². The predicted octanol–water partition coefficient (Wildman–Crippen LogP) is 19.0. The van der Waals surface area contributed by atoms with Gasteiger partial charge in [0.1, 0.15) is 5.58 Å². The van der Waals surface area contributed by atoms with Gasteiger partial charge in [-0.3, -0.25) is 0 Å². The van der Waals surface area contributed by atoms with Crippen molar-refractivity contribution in [3.63, 3.8) is 0 Å². The van der Waals surface area contributed by atoms with E-state index in [-0.39, 0.29) is 60.4 Å². The summed E-state index contributed by atoms with van der Waals surface area (Å²) in [5.74, 6) is 0. The average molecular weight is 1060 g/mol. The van der Waals surface area contributed by atoms with Gasteiger partial charge in [0.25, 0.3) is 6.71 Å². The first-order valence-electron chi connectivity index (χ1n) is 34.5. The summed E-state index contributed by atoms with van der Waals surface area (Å²) in [6.07, 6.45) is 6.99. The number of anilines is 9. The van der Waals surface area contributed by atoms with Crippen LogP contribution in [0.4, 0.5) is 51.2 Å². The van der Waals surface area contributed by atoms with E-state index < -0.39 is 67.1 Å². The molecular formula is C75H84BN3O. The lowest BCUT2D eigenvalue weighted by Gasteiger charge is -2.51. The maximum absolute atomic E-state index is 9.80. The van der Waals surface area contributed by atoms with Crippen LogP contribution in [0.5, 0.6) is 0 Å². The molecule has 0 N–H and O–H groups in total. The molecule has 4 bridgehead atoms. The Balaban J connectivity index is 1.23. The second-order valence-corrected chi connectivity index (χ2v) is 30.3. The van der Waals surface area contributed by atoms with Crippen molar-refractivity contribution in [1.82, 2.24) is 0 Å². The van der Waals surface area contributed by atoms with Crippen LogP contribution < -0.4 is 31.3 Å². The SMILES string of the molecule is [2H]c1c([2H])c([2H])c(N(c2cc3c4c(c2)N2c5ccc6c(c5)C(C)(CCC6(C)C)CC5(C)CCC(C)(C)c6cc7oc(c2c7cc65)B4c2cc4c(cc2N3c2cc(C(C)(C)C)cc(C(C)(C)C)c2)C(C)(C)CCC4(C)C)c2c([2H])c([2H])c([2H])c([2H])c2[2H])c([2H])c1[2H]. The minimum atomic E-state index is -0.623. The van der Waals surface area contributed by atoms with Gasteiger partial charge in [0.05, 0.1) is 30.7 Å². The Labute approximate surface area is 493 Å². The molecular weight excluding hydrogens is 970 g/mol. The minimum absolute atomic E-state index is 0.126. The van der Waals surface area contributed by atoms with Gasteiger partial charge >= 0.3 is 0 Å². The molecule has 408 valence electrons. The average Bonchev–Trinajstić information content (AvgIpc) is 1.24. The summed E-state index contributed by atoms with van der Waals surface area (Å²) < 4.78 is 102. The molecule has 0 saturated carbocycles. The fraction of sp³-hybridized carbons (Fsp3) is 0.413. The molecule has 7 aromatic carbocycles. The summed E-state index contributed by atoms with van der Waals surface area (Å²) in [6, 6.07) is 21.6. The highest BCUT2D eigenvalue weighted by molar-refractivity contribution is 7.00. The molecule has 8 aromatic rings. The largest absolute Gasteiger partial charge is 0.468 e. The van der Waals surface area contributed by atoms with Crippen LogP contribution in [0.15, 0.2) is 138 Å². The fourth-order valence-corrected chi connectivity index (χ4v) is 15.7. The summed E-state index contributed by atoms with van der Waals surface area (Å²) in [5.41, 5.74) is 16.5. The molecule has 3 aliphatic heterocycles. The Hall–Kier alpha value is -6.46. The molecule has 4 heterocycles. The van der Waals surface area contributed by atoms with Crippen LogP contribution in [0.25, 0.3) is 11.0 Å². The van der Waals surface area contributed by atoms with Gasteiger partial charge in [-0.1, -0.05) is 165 Å². The van der Waals surface area contributed by atoms with E-state index in [2.05, 4.69) is 181 Å². The molecule has 6 aliphatic rings. The zero-order valence-corrected chi connectivity index (χ0v) is 50.2. The monoisotopic (exact) mass is 1060 g/mol. The predicted molar refractivity (Wildman–Crippen MR) is 341 cm³/mol. The Morgan fingerprint density at radius 3 is 1.54 bits per heavy atom. The highest BCUT2D eigenvalue weighted by Gasteiger charge is 2.53. The Morgan fingerprint density at radius 2 is 0.975 bits per heavy atom. The third kappa shape index (κ3) is 7.52. The summed E-state index contributed by atoms with van der Waals surface area (Å²) in [6.45, 7) is 36.9. The number of rotatable bonds is 4. The zero-order valence-electron chi connectivity index (χ0n) is 60.2. The van der Waals surface area contributed by atoms with E-state index in [1.165, 1.54) is 38.3 Å². The molecule has 5 heteroatoms. The molecule has 0 amide bonds. The summed E-state index contributed by atoms with van der Waals surface area (Å²) in [4.78, 5) is 6.09. The first-order valence-corrected chi connectivity index (χ1v) is 29.5. The first kappa shape index (κ1) is 41.5. The van der Waals surface area contributed by atoms with Crippen LogP contribution in [0.1, 0.15) is 214 Å². The number of nitrogens with zero attached hydrogens (tertiary/aromatic N) is 3. The lowest BCUT2D eigenvalue weighted by molar-refractivity contribution is 0.208. The van der Waals surface area contributed by atoms with Crippen LogP contribution in [-0.4, -0.2) is 6.71 Å². The maximum atomic E-state index is 9.80. The van der Waals surface area contributed by atoms with Gasteiger partial charge in [-0.15, -0.1) is 0 Å². The highest BCUT2D eigenvalue weighted by atomic mass is 16.3. The third-order valence-corrected chi connectivity index (χ3v) is 20.7. The first-order chi connectivity index (χ1) is 41.7. The number of furan rings is 1. The van der Waals surface area contributed by atoms with E-state index in [1.807, 2.05) is 12.1 Å². The quantitative estimate of drug-likeness (QED) is 0.164. The van der Waals surface area contributed by atoms with Gasteiger partial charge in [0, 0.05) is 45.2 Å². The Morgan fingerprint density at radius 1 is 0.475 bits per heavy atom. The van der Waals surface area contributed by atoms with Crippen molar-refractivity contribution in [3.05, 3.63) is 178 Å². The van der Waals surface area contributed by atoms with Crippen molar-refractivity contribution in [2.45, 2.75) is 199 Å². The summed E-state index contributed by atoms with van der Waals surface area (Å²) >= 11 is 0. The Bertz CT molecular complexity index is 4370. The van der Waals surface area contributed by atoms with Crippen LogP contribution in [0.2, 0.25) is 0 Å². The van der Waals surface area contributed by atoms with Crippen molar-refractivity contribution >= 4 is 85.5 Å². The van der Waals surface area contributed by atoms with Gasteiger partial charge < -0.3 is 19.1 Å². The molecule has 0 spiro atoms. The normalized spacial score (nSPS) is 24.1. The van der Waals surface area contributed by atoms with Crippen molar-refractivity contribution in [2.75, 3.05) is 14.7 Å². The topological polar surface area (TPSA) is 22.9 Å². The molecule has 14 rings (SSSR count). The van der Waals surface area contributed by atoms with Gasteiger partial charge in [-0.05, 0) is 222 Å².